The summed E-state index contributed by atoms with van der Waals surface area (Å²) in [7, 11) is 0. The van der Waals surface area contributed by atoms with Crippen molar-refractivity contribution in [1.29, 1.82) is 0 Å². The number of halogens is 2. The van der Waals surface area contributed by atoms with Gasteiger partial charge in [-0.25, -0.2) is 13.6 Å². The van der Waals surface area contributed by atoms with Crippen molar-refractivity contribution >= 4 is 6.09 Å². The highest BCUT2D eigenvalue weighted by atomic mass is 19.1. The van der Waals surface area contributed by atoms with Crippen LogP contribution in [0.4, 0.5) is 13.6 Å². The highest BCUT2D eigenvalue weighted by Gasteiger charge is 2.22. The molecule has 0 aliphatic rings. The third-order valence-electron chi connectivity index (χ3n) is 4.23. The van der Waals surface area contributed by atoms with Crippen molar-refractivity contribution in [2.24, 2.45) is 0 Å². The predicted molar refractivity (Wildman–Crippen MR) is 98.5 cm³/mol. The van der Waals surface area contributed by atoms with Crippen LogP contribution < -0.4 is 10.6 Å². The van der Waals surface area contributed by atoms with E-state index in [9.17, 15) is 18.7 Å². The monoisotopic (exact) mass is 378 g/mol. The summed E-state index contributed by atoms with van der Waals surface area (Å²) in [4.78, 5) is 11.0. The third kappa shape index (κ3) is 6.96. The lowest BCUT2D eigenvalue weighted by Gasteiger charge is -2.23. The van der Waals surface area contributed by atoms with Crippen molar-refractivity contribution in [2.75, 3.05) is 6.54 Å². The van der Waals surface area contributed by atoms with Gasteiger partial charge in [0.1, 0.15) is 11.6 Å². The van der Waals surface area contributed by atoms with E-state index in [0.29, 0.717) is 6.54 Å². The lowest BCUT2D eigenvalue weighted by Crippen LogP contribution is -2.48. The van der Waals surface area contributed by atoms with Crippen LogP contribution in [-0.4, -0.2) is 35.0 Å². The third-order valence-corrected chi connectivity index (χ3v) is 4.23. The highest BCUT2D eigenvalue weighted by Crippen LogP contribution is 2.12. The summed E-state index contributed by atoms with van der Waals surface area (Å²) < 4.78 is 26.7. The quantitative estimate of drug-likeness (QED) is 0.541. The van der Waals surface area contributed by atoms with Crippen molar-refractivity contribution in [3.63, 3.8) is 0 Å². The Bertz CT molecular complexity index is 750. The van der Waals surface area contributed by atoms with Gasteiger partial charge in [0.25, 0.3) is 0 Å². The molecule has 2 atom stereocenters. The molecule has 2 aromatic carbocycles. The van der Waals surface area contributed by atoms with E-state index in [-0.39, 0.29) is 18.5 Å². The largest absolute Gasteiger partial charge is 0.465 e. The fourth-order valence-electron chi connectivity index (χ4n) is 2.89. The van der Waals surface area contributed by atoms with E-state index < -0.39 is 29.9 Å². The van der Waals surface area contributed by atoms with E-state index in [4.69, 9.17) is 5.11 Å². The summed E-state index contributed by atoms with van der Waals surface area (Å²) in [6.07, 6.45) is -1.49. The number of aliphatic hydroxyl groups excluding tert-OH is 1. The second kappa shape index (κ2) is 9.99. The van der Waals surface area contributed by atoms with Crippen molar-refractivity contribution in [1.82, 2.24) is 10.6 Å². The van der Waals surface area contributed by atoms with Gasteiger partial charge in [0.2, 0.25) is 0 Å². The van der Waals surface area contributed by atoms with Crippen LogP contribution in [0, 0.1) is 11.6 Å². The van der Waals surface area contributed by atoms with Gasteiger partial charge < -0.3 is 20.8 Å². The second-order valence-corrected chi connectivity index (χ2v) is 6.41. The molecular formula is C20H24F2N2O3. The molecule has 0 saturated heterocycles. The van der Waals surface area contributed by atoms with Crippen LogP contribution in [0.5, 0.6) is 0 Å². The molecule has 2 rings (SSSR count). The van der Waals surface area contributed by atoms with Gasteiger partial charge in [0.05, 0.1) is 12.1 Å². The molecule has 0 aliphatic carbocycles. The Labute approximate surface area is 157 Å². The van der Waals surface area contributed by atoms with Crippen molar-refractivity contribution in [3.8, 4) is 0 Å². The zero-order valence-electron chi connectivity index (χ0n) is 15.1. The fourth-order valence-corrected chi connectivity index (χ4v) is 2.89. The number of nitrogens with one attached hydrogen (secondary N) is 2. The van der Waals surface area contributed by atoms with E-state index in [1.807, 2.05) is 18.2 Å². The van der Waals surface area contributed by atoms with Gasteiger partial charge in [-0.15, -0.1) is 0 Å². The molecular weight excluding hydrogens is 354 g/mol. The first kappa shape index (κ1) is 20.8. The van der Waals surface area contributed by atoms with Crippen LogP contribution in [0.2, 0.25) is 0 Å². The molecule has 146 valence electrons. The SMILES string of the molecule is CCc1cccc(CNC[C@@H](O)[C@H](Cc2cc(F)cc(F)c2)NC(=O)O)c1. The number of carboxylic acid groups (broad SMARTS) is 1. The molecule has 0 aliphatic heterocycles. The van der Waals surface area contributed by atoms with E-state index in [1.54, 1.807) is 0 Å². The Morgan fingerprint density at radius 1 is 1.07 bits per heavy atom. The first-order chi connectivity index (χ1) is 12.9. The van der Waals surface area contributed by atoms with Crippen molar-refractivity contribution < 1.29 is 23.8 Å². The zero-order valence-corrected chi connectivity index (χ0v) is 15.1. The standard InChI is InChI=1S/C20H24F2N2O3/c1-2-13-4-3-5-14(6-13)11-23-12-19(25)18(24-20(26)27)9-15-7-16(21)10-17(22)8-15/h3-8,10,18-19,23-25H,2,9,11-12H2,1H3,(H,26,27)/t18-,19+/m0/s1. The van der Waals surface area contributed by atoms with Crippen LogP contribution in [0.15, 0.2) is 42.5 Å². The topological polar surface area (TPSA) is 81.6 Å². The Hall–Kier alpha value is -2.51. The maximum Gasteiger partial charge on any atom is 0.404 e. The molecule has 0 spiro atoms. The van der Waals surface area contributed by atoms with Crippen molar-refractivity contribution in [2.45, 2.75) is 38.5 Å². The van der Waals surface area contributed by atoms with Gasteiger partial charge in [-0.05, 0) is 41.7 Å². The molecule has 0 aromatic heterocycles. The maximum absolute atomic E-state index is 13.3. The zero-order chi connectivity index (χ0) is 19.8. The van der Waals surface area contributed by atoms with Gasteiger partial charge in [-0.1, -0.05) is 31.2 Å². The van der Waals surface area contributed by atoms with Crippen LogP contribution >= 0.6 is 0 Å². The number of benzene rings is 2. The second-order valence-electron chi connectivity index (χ2n) is 6.41. The normalized spacial score (nSPS) is 13.2. The molecule has 0 saturated carbocycles. The summed E-state index contributed by atoms with van der Waals surface area (Å²) in [5.41, 5.74) is 2.52. The first-order valence-corrected chi connectivity index (χ1v) is 8.78. The van der Waals surface area contributed by atoms with E-state index >= 15 is 0 Å². The molecule has 0 unspecified atom stereocenters. The number of amides is 1. The van der Waals surface area contributed by atoms with Gasteiger partial charge in [-0.3, -0.25) is 0 Å². The average molecular weight is 378 g/mol. The Balaban J connectivity index is 1.96. The summed E-state index contributed by atoms with van der Waals surface area (Å²) in [5, 5.41) is 24.7. The van der Waals surface area contributed by atoms with Crippen molar-refractivity contribution in [3.05, 3.63) is 70.8 Å². The Kier molecular flexibility index (Phi) is 7.69. The van der Waals surface area contributed by atoms with Crippen LogP contribution in [0.1, 0.15) is 23.6 Å². The summed E-state index contributed by atoms with van der Waals surface area (Å²) >= 11 is 0. The number of aryl methyl sites for hydroxylation is 1. The molecule has 2 aromatic rings. The lowest BCUT2D eigenvalue weighted by molar-refractivity contribution is 0.117. The van der Waals surface area contributed by atoms with Crippen LogP contribution in [0.25, 0.3) is 0 Å². The van der Waals surface area contributed by atoms with E-state index in [0.717, 1.165) is 30.2 Å². The molecule has 0 radical (unpaired) electrons. The van der Waals surface area contributed by atoms with E-state index in [2.05, 4.69) is 23.6 Å². The molecule has 4 N–H and O–H groups in total. The molecule has 7 heteroatoms. The summed E-state index contributed by atoms with van der Waals surface area (Å²) in [6.45, 7) is 2.70. The van der Waals surface area contributed by atoms with Crippen LogP contribution in [-0.2, 0) is 19.4 Å². The van der Waals surface area contributed by atoms with Gasteiger partial charge in [0.15, 0.2) is 0 Å². The molecule has 0 heterocycles. The van der Waals surface area contributed by atoms with Crippen LogP contribution in [0.3, 0.4) is 0 Å². The number of aliphatic hydroxyl groups is 1. The lowest BCUT2D eigenvalue weighted by atomic mass is 10.0. The van der Waals surface area contributed by atoms with Gasteiger partial charge in [-0.2, -0.15) is 0 Å². The average Bonchev–Trinajstić information content (AvgIpc) is 2.60. The molecule has 0 fully saturated rings. The number of carbonyl (C=O) groups is 1. The summed E-state index contributed by atoms with van der Waals surface area (Å²) in [6, 6.07) is 10.1. The maximum atomic E-state index is 13.3. The molecule has 27 heavy (non-hydrogen) atoms. The van der Waals surface area contributed by atoms with Gasteiger partial charge >= 0.3 is 6.09 Å². The molecule has 5 nitrogen and oxygen atoms in total. The smallest absolute Gasteiger partial charge is 0.404 e. The first-order valence-electron chi connectivity index (χ1n) is 8.78. The minimum atomic E-state index is -1.31. The van der Waals surface area contributed by atoms with E-state index in [1.165, 1.54) is 5.56 Å². The summed E-state index contributed by atoms with van der Waals surface area (Å²) in [5.74, 6) is -1.50. The molecule has 0 bridgehead atoms. The minimum Gasteiger partial charge on any atom is -0.465 e. The molecule has 1 amide bonds. The predicted octanol–water partition coefficient (Wildman–Crippen LogP) is 2.86. The fraction of sp³-hybridized carbons (Fsp3) is 0.350. The number of rotatable bonds is 9. The Morgan fingerprint density at radius 3 is 2.37 bits per heavy atom. The number of hydrogen-bond acceptors (Lipinski definition) is 3. The number of hydrogen-bond donors (Lipinski definition) is 4. The Morgan fingerprint density at radius 2 is 1.74 bits per heavy atom. The minimum absolute atomic E-state index is 0.0326. The van der Waals surface area contributed by atoms with Gasteiger partial charge in [0, 0.05) is 19.2 Å². The highest BCUT2D eigenvalue weighted by molar-refractivity contribution is 5.65.